The van der Waals surface area contributed by atoms with Gasteiger partial charge in [-0.05, 0) is 30.6 Å². The normalized spacial score (nSPS) is 19.4. The van der Waals surface area contributed by atoms with E-state index in [9.17, 15) is 4.79 Å². The number of carbonyl (C=O) groups is 1. The lowest BCUT2D eigenvalue weighted by Crippen LogP contribution is -2.26. The molecule has 0 bridgehead atoms. The standard InChI is InChI=1S/C15H24N2OS/c1-9(2)13(18)17-14-16-11-8-10(15(3,4)5)6-7-12(11)19-14/h9-10H,6-8H2,1-5H3,(H,16,17,18). The molecule has 1 aromatic heterocycles. The van der Waals surface area contributed by atoms with Gasteiger partial charge in [0, 0.05) is 10.8 Å². The molecule has 19 heavy (non-hydrogen) atoms. The van der Waals surface area contributed by atoms with Crippen LogP contribution in [-0.2, 0) is 17.6 Å². The van der Waals surface area contributed by atoms with E-state index >= 15 is 0 Å². The number of aromatic nitrogens is 1. The van der Waals surface area contributed by atoms with Crippen molar-refractivity contribution in [2.45, 2.75) is 53.9 Å². The first-order valence-corrected chi connectivity index (χ1v) is 7.88. The fourth-order valence-electron chi connectivity index (χ4n) is 2.42. The van der Waals surface area contributed by atoms with Crippen molar-refractivity contribution in [2.24, 2.45) is 17.3 Å². The number of nitrogens with zero attached hydrogens (tertiary/aromatic N) is 1. The summed E-state index contributed by atoms with van der Waals surface area (Å²) in [6.45, 7) is 10.7. The van der Waals surface area contributed by atoms with Gasteiger partial charge in [-0.15, -0.1) is 11.3 Å². The number of carbonyl (C=O) groups excluding carboxylic acids is 1. The first-order valence-electron chi connectivity index (χ1n) is 7.07. The fourth-order valence-corrected chi connectivity index (χ4v) is 3.43. The maximum atomic E-state index is 11.7. The molecular weight excluding hydrogens is 256 g/mol. The van der Waals surface area contributed by atoms with E-state index in [0.717, 1.165) is 18.0 Å². The molecule has 1 heterocycles. The molecule has 0 saturated heterocycles. The summed E-state index contributed by atoms with van der Waals surface area (Å²) in [5.74, 6) is 0.748. The van der Waals surface area contributed by atoms with Gasteiger partial charge in [0.15, 0.2) is 5.13 Å². The first kappa shape index (κ1) is 14.5. The number of anilines is 1. The van der Waals surface area contributed by atoms with Gasteiger partial charge in [-0.2, -0.15) is 0 Å². The Morgan fingerprint density at radius 2 is 2.11 bits per heavy atom. The molecule has 1 N–H and O–H groups in total. The van der Waals surface area contributed by atoms with Crippen molar-refractivity contribution in [3.63, 3.8) is 0 Å². The minimum atomic E-state index is 0.00301. The van der Waals surface area contributed by atoms with E-state index in [0.29, 0.717) is 11.3 Å². The van der Waals surface area contributed by atoms with Crippen molar-refractivity contribution >= 4 is 22.4 Å². The molecule has 106 valence electrons. The average molecular weight is 280 g/mol. The summed E-state index contributed by atoms with van der Waals surface area (Å²) in [5, 5.41) is 3.70. The van der Waals surface area contributed by atoms with Crippen molar-refractivity contribution in [3.05, 3.63) is 10.6 Å². The van der Waals surface area contributed by atoms with Crippen LogP contribution in [0.5, 0.6) is 0 Å². The van der Waals surface area contributed by atoms with E-state index in [1.165, 1.54) is 17.0 Å². The summed E-state index contributed by atoms with van der Waals surface area (Å²) in [5.41, 5.74) is 1.54. The van der Waals surface area contributed by atoms with Crippen molar-refractivity contribution < 1.29 is 4.79 Å². The Hall–Kier alpha value is -0.900. The third kappa shape index (κ3) is 3.35. The Labute approximate surface area is 119 Å². The van der Waals surface area contributed by atoms with Gasteiger partial charge in [-0.3, -0.25) is 4.79 Å². The number of amides is 1. The number of aryl methyl sites for hydroxylation is 1. The van der Waals surface area contributed by atoms with Crippen molar-refractivity contribution in [3.8, 4) is 0 Å². The second-order valence-corrected chi connectivity index (χ2v) is 7.92. The Morgan fingerprint density at radius 3 is 2.68 bits per heavy atom. The zero-order valence-corrected chi connectivity index (χ0v) is 13.4. The second-order valence-electron chi connectivity index (χ2n) is 6.84. The molecule has 0 fully saturated rings. The number of fused-ring (bicyclic) bond motifs is 1. The Bertz CT molecular complexity index is 471. The zero-order valence-electron chi connectivity index (χ0n) is 12.5. The molecule has 4 heteroatoms. The molecule has 0 spiro atoms. The van der Waals surface area contributed by atoms with Gasteiger partial charge in [0.05, 0.1) is 5.69 Å². The molecule has 1 aliphatic rings. The van der Waals surface area contributed by atoms with Crippen LogP contribution in [-0.4, -0.2) is 10.9 Å². The van der Waals surface area contributed by atoms with Gasteiger partial charge in [0.2, 0.25) is 5.91 Å². The molecule has 2 rings (SSSR count). The number of nitrogens with one attached hydrogen (secondary N) is 1. The largest absolute Gasteiger partial charge is 0.302 e. The van der Waals surface area contributed by atoms with Crippen LogP contribution in [0.4, 0.5) is 5.13 Å². The molecule has 0 saturated carbocycles. The smallest absolute Gasteiger partial charge is 0.228 e. The van der Waals surface area contributed by atoms with Crippen LogP contribution >= 0.6 is 11.3 Å². The Kier molecular flexibility index (Phi) is 4.00. The fraction of sp³-hybridized carbons (Fsp3) is 0.733. The average Bonchev–Trinajstić information content (AvgIpc) is 2.68. The van der Waals surface area contributed by atoms with Gasteiger partial charge in [0.1, 0.15) is 0 Å². The number of hydrogen-bond donors (Lipinski definition) is 1. The van der Waals surface area contributed by atoms with Crippen LogP contribution in [0.2, 0.25) is 0 Å². The lowest BCUT2D eigenvalue weighted by Gasteiger charge is -2.33. The van der Waals surface area contributed by atoms with Crippen LogP contribution in [0, 0.1) is 17.3 Å². The van der Waals surface area contributed by atoms with E-state index in [2.05, 4.69) is 31.1 Å². The van der Waals surface area contributed by atoms with Crippen molar-refractivity contribution in [1.29, 1.82) is 0 Å². The quantitative estimate of drug-likeness (QED) is 0.893. The highest BCUT2D eigenvalue weighted by Gasteiger charge is 2.30. The zero-order chi connectivity index (χ0) is 14.2. The Morgan fingerprint density at radius 1 is 1.42 bits per heavy atom. The van der Waals surface area contributed by atoms with Gasteiger partial charge in [-0.1, -0.05) is 34.6 Å². The summed E-state index contributed by atoms with van der Waals surface area (Å²) < 4.78 is 0. The summed E-state index contributed by atoms with van der Waals surface area (Å²) in [4.78, 5) is 17.7. The first-order chi connectivity index (χ1) is 8.77. The van der Waals surface area contributed by atoms with Crippen LogP contribution < -0.4 is 5.32 Å². The molecule has 0 radical (unpaired) electrons. The highest BCUT2D eigenvalue weighted by molar-refractivity contribution is 7.15. The number of rotatable bonds is 2. The van der Waals surface area contributed by atoms with Crippen molar-refractivity contribution in [2.75, 3.05) is 5.32 Å². The minimum Gasteiger partial charge on any atom is -0.302 e. The predicted molar refractivity (Wildman–Crippen MR) is 80.6 cm³/mol. The van der Waals surface area contributed by atoms with E-state index in [-0.39, 0.29) is 11.8 Å². The monoisotopic (exact) mass is 280 g/mol. The van der Waals surface area contributed by atoms with Gasteiger partial charge in [-0.25, -0.2) is 4.98 Å². The number of hydrogen-bond acceptors (Lipinski definition) is 3. The van der Waals surface area contributed by atoms with E-state index in [4.69, 9.17) is 0 Å². The lowest BCUT2D eigenvalue weighted by atomic mass is 9.73. The molecule has 0 aliphatic heterocycles. The molecular formula is C15H24N2OS. The molecule has 1 atom stereocenters. The van der Waals surface area contributed by atoms with E-state index < -0.39 is 0 Å². The van der Waals surface area contributed by atoms with Crippen LogP contribution in [0.15, 0.2) is 0 Å². The molecule has 0 aromatic carbocycles. The van der Waals surface area contributed by atoms with Crippen LogP contribution in [0.25, 0.3) is 0 Å². The summed E-state index contributed by atoms with van der Waals surface area (Å²) in [6, 6.07) is 0. The van der Waals surface area contributed by atoms with Crippen LogP contribution in [0.1, 0.15) is 51.6 Å². The van der Waals surface area contributed by atoms with Gasteiger partial charge in [0.25, 0.3) is 0 Å². The van der Waals surface area contributed by atoms with E-state index in [1.807, 2.05) is 13.8 Å². The molecule has 3 nitrogen and oxygen atoms in total. The Balaban J connectivity index is 2.10. The SMILES string of the molecule is CC(C)C(=O)Nc1nc2c(s1)CCC(C(C)(C)C)C2. The van der Waals surface area contributed by atoms with Gasteiger partial charge < -0.3 is 5.32 Å². The minimum absolute atomic E-state index is 0.00301. The predicted octanol–water partition coefficient (Wildman–Crippen LogP) is 3.89. The third-order valence-electron chi connectivity index (χ3n) is 3.92. The molecule has 1 aliphatic carbocycles. The molecule has 1 aromatic rings. The molecule has 1 unspecified atom stereocenters. The second kappa shape index (κ2) is 5.23. The highest BCUT2D eigenvalue weighted by atomic mass is 32.1. The summed E-state index contributed by atoms with van der Waals surface area (Å²) in [6.07, 6.45) is 3.38. The van der Waals surface area contributed by atoms with Gasteiger partial charge >= 0.3 is 0 Å². The summed E-state index contributed by atoms with van der Waals surface area (Å²) >= 11 is 1.65. The summed E-state index contributed by atoms with van der Waals surface area (Å²) in [7, 11) is 0. The third-order valence-corrected chi connectivity index (χ3v) is 4.99. The lowest BCUT2D eigenvalue weighted by molar-refractivity contribution is -0.118. The maximum Gasteiger partial charge on any atom is 0.228 e. The van der Waals surface area contributed by atoms with E-state index in [1.54, 1.807) is 11.3 Å². The molecule has 1 amide bonds. The topological polar surface area (TPSA) is 42.0 Å². The highest BCUT2D eigenvalue weighted by Crippen LogP contribution is 2.39. The van der Waals surface area contributed by atoms with Crippen molar-refractivity contribution in [1.82, 2.24) is 4.98 Å². The number of thiazole rings is 1. The maximum absolute atomic E-state index is 11.7. The van der Waals surface area contributed by atoms with Crippen LogP contribution in [0.3, 0.4) is 0 Å².